The summed E-state index contributed by atoms with van der Waals surface area (Å²) in [5.74, 6) is 2.03. The molecule has 5 rings (SSSR count). The second-order valence-electron chi connectivity index (χ2n) is 6.62. The molecule has 8 heteroatoms. The van der Waals surface area contributed by atoms with Gasteiger partial charge < -0.3 is 14.4 Å². The monoisotopic (exact) mass is 364 g/mol. The summed E-state index contributed by atoms with van der Waals surface area (Å²) in [7, 11) is 0. The first-order valence-electron chi connectivity index (χ1n) is 9.11. The predicted molar refractivity (Wildman–Crippen MR) is 102 cm³/mol. The maximum Gasteiger partial charge on any atom is 0.218 e. The lowest BCUT2D eigenvalue weighted by Gasteiger charge is -2.35. The van der Waals surface area contributed by atoms with Gasteiger partial charge in [-0.25, -0.2) is 14.5 Å². The highest BCUT2D eigenvalue weighted by atomic mass is 16.3. The van der Waals surface area contributed by atoms with E-state index in [-0.39, 0.29) is 6.61 Å². The molecule has 0 radical (unpaired) electrons. The van der Waals surface area contributed by atoms with E-state index in [9.17, 15) is 0 Å². The quantitative estimate of drug-likeness (QED) is 0.589. The van der Waals surface area contributed by atoms with E-state index in [0.29, 0.717) is 18.1 Å². The molecule has 3 aromatic heterocycles. The Morgan fingerprint density at radius 3 is 2.63 bits per heavy atom. The molecule has 1 aromatic carbocycles. The summed E-state index contributed by atoms with van der Waals surface area (Å²) < 4.78 is 7.34. The zero-order valence-electron chi connectivity index (χ0n) is 14.8. The number of aliphatic hydroxyl groups excluding tert-OH is 1. The molecule has 1 fully saturated rings. The Labute approximate surface area is 155 Å². The van der Waals surface area contributed by atoms with Crippen molar-refractivity contribution in [1.82, 2.24) is 24.5 Å². The van der Waals surface area contributed by atoms with Gasteiger partial charge in [0.15, 0.2) is 17.2 Å². The molecule has 8 nitrogen and oxygen atoms in total. The molecule has 1 aliphatic rings. The van der Waals surface area contributed by atoms with Crippen LogP contribution in [0.2, 0.25) is 0 Å². The average molecular weight is 364 g/mol. The van der Waals surface area contributed by atoms with E-state index in [1.807, 2.05) is 40.9 Å². The zero-order chi connectivity index (χ0) is 18.2. The molecule has 1 saturated heterocycles. The van der Waals surface area contributed by atoms with Crippen molar-refractivity contribution in [3.63, 3.8) is 0 Å². The van der Waals surface area contributed by atoms with E-state index < -0.39 is 0 Å². The van der Waals surface area contributed by atoms with Crippen molar-refractivity contribution in [3.05, 3.63) is 42.7 Å². The molecule has 0 saturated carbocycles. The molecule has 4 aromatic rings. The highest BCUT2D eigenvalue weighted by Gasteiger charge is 2.23. The number of furan rings is 1. The molecule has 0 unspecified atom stereocenters. The van der Waals surface area contributed by atoms with Crippen LogP contribution in [-0.4, -0.2) is 68.9 Å². The lowest BCUT2D eigenvalue weighted by atomic mass is 10.3. The fourth-order valence-corrected chi connectivity index (χ4v) is 3.57. The third kappa shape index (κ3) is 2.83. The fourth-order valence-electron chi connectivity index (χ4n) is 3.57. The first-order valence-corrected chi connectivity index (χ1v) is 9.11. The Bertz CT molecular complexity index is 1070. The molecular formula is C19H20N6O2. The van der Waals surface area contributed by atoms with Gasteiger partial charge in [0.1, 0.15) is 0 Å². The normalized spacial score (nSPS) is 15.8. The van der Waals surface area contributed by atoms with Crippen molar-refractivity contribution in [2.75, 3.05) is 44.2 Å². The summed E-state index contributed by atoms with van der Waals surface area (Å²) in [4.78, 5) is 14.1. The number of aliphatic hydroxyl groups is 1. The summed E-state index contributed by atoms with van der Waals surface area (Å²) in [5, 5.41) is 13.8. The zero-order valence-corrected chi connectivity index (χ0v) is 14.8. The van der Waals surface area contributed by atoms with Crippen LogP contribution in [0, 0.1) is 0 Å². The fraction of sp³-hybridized carbons (Fsp3) is 0.316. The minimum atomic E-state index is 0.190. The Morgan fingerprint density at radius 1 is 1.00 bits per heavy atom. The van der Waals surface area contributed by atoms with Crippen molar-refractivity contribution < 1.29 is 9.52 Å². The molecule has 0 aliphatic carbocycles. The van der Waals surface area contributed by atoms with Crippen LogP contribution < -0.4 is 4.90 Å². The van der Waals surface area contributed by atoms with E-state index >= 15 is 0 Å². The van der Waals surface area contributed by atoms with Gasteiger partial charge in [-0.15, -0.1) is 5.10 Å². The molecule has 1 N–H and O–H groups in total. The van der Waals surface area contributed by atoms with Crippen LogP contribution in [0.5, 0.6) is 0 Å². The smallest absolute Gasteiger partial charge is 0.218 e. The average Bonchev–Trinajstić information content (AvgIpc) is 3.38. The number of hydrogen-bond donors (Lipinski definition) is 1. The van der Waals surface area contributed by atoms with E-state index in [2.05, 4.69) is 14.9 Å². The Morgan fingerprint density at radius 2 is 1.85 bits per heavy atom. The summed E-state index contributed by atoms with van der Waals surface area (Å²) in [5.41, 5.74) is 2.53. The predicted octanol–water partition coefficient (Wildman–Crippen LogP) is 1.65. The Hall–Kier alpha value is -2.97. The van der Waals surface area contributed by atoms with E-state index in [1.165, 1.54) is 0 Å². The van der Waals surface area contributed by atoms with Crippen LogP contribution in [0.1, 0.15) is 0 Å². The third-order valence-electron chi connectivity index (χ3n) is 4.97. The maximum absolute atomic E-state index is 9.16. The number of anilines is 1. The standard InChI is InChI=1S/C19H20N6O2/c26-12-11-23-7-9-24(10-8-23)18-19-21-17(16-6-3-13-27-16)22-25(19)15-5-2-1-4-14(15)20-18/h1-6,13,26H,7-12H2. The van der Waals surface area contributed by atoms with Crippen LogP contribution in [0.15, 0.2) is 47.1 Å². The molecule has 27 heavy (non-hydrogen) atoms. The minimum Gasteiger partial charge on any atom is -0.461 e. The topological polar surface area (TPSA) is 82.9 Å². The van der Waals surface area contributed by atoms with Gasteiger partial charge in [0.05, 0.1) is 23.9 Å². The molecule has 0 atom stereocenters. The number of β-amino-alcohol motifs (C(OH)–C–C–N with tert-alkyl or cyclic N) is 1. The SMILES string of the molecule is OCCN1CCN(c2nc3ccccc3n3nc(-c4ccco4)nc23)CC1. The maximum atomic E-state index is 9.16. The van der Waals surface area contributed by atoms with E-state index in [4.69, 9.17) is 19.5 Å². The molecule has 138 valence electrons. The number of aromatic nitrogens is 4. The van der Waals surface area contributed by atoms with Gasteiger partial charge in [-0.1, -0.05) is 12.1 Å². The number of nitrogens with zero attached hydrogens (tertiary/aromatic N) is 6. The molecule has 0 spiro atoms. The summed E-state index contributed by atoms with van der Waals surface area (Å²) in [6, 6.07) is 11.6. The van der Waals surface area contributed by atoms with Crippen LogP contribution in [0.25, 0.3) is 28.3 Å². The van der Waals surface area contributed by atoms with Crippen molar-refractivity contribution in [2.45, 2.75) is 0 Å². The van der Waals surface area contributed by atoms with Crippen molar-refractivity contribution >= 4 is 22.5 Å². The number of rotatable bonds is 4. The second kappa shape index (κ2) is 6.64. The Kier molecular flexibility index (Phi) is 3.99. The molecular weight excluding hydrogens is 344 g/mol. The minimum absolute atomic E-state index is 0.190. The van der Waals surface area contributed by atoms with Crippen LogP contribution in [0.3, 0.4) is 0 Å². The van der Waals surface area contributed by atoms with Gasteiger partial charge >= 0.3 is 0 Å². The van der Waals surface area contributed by atoms with E-state index in [0.717, 1.165) is 48.7 Å². The number of piperazine rings is 1. The van der Waals surface area contributed by atoms with Crippen LogP contribution in [0.4, 0.5) is 5.82 Å². The van der Waals surface area contributed by atoms with Gasteiger partial charge in [0.25, 0.3) is 0 Å². The number of para-hydroxylation sites is 2. The lowest BCUT2D eigenvalue weighted by molar-refractivity contribution is 0.188. The largest absolute Gasteiger partial charge is 0.461 e. The summed E-state index contributed by atoms with van der Waals surface area (Å²) in [6.45, 7) is 4.35. The molecule has 4 heterocycles. The number of hydrogen-bond acceptors (Lipinski definition) is 7. The van der Waals surface area contributed by atoms with Gasteiger partial charge in [-0.3, -0.25) is 4.90 Å². The lowest BCUT2D eigenvalue weighted by Crippen LogP contribution is -2.47. The van der Waals surface area contributed by atoms with Crippen molar-refractivity contribution in [2.24, 2.45) is 0 Å². The highest BCUT2D eigenvalue weighted by Crippen LogP contribution is 2.27. The van der Waals surface area contributed by atoms with Crippen LogP contribution in [-0.2, 0) is 0 Å². The molecule has 0 amide bonds. The van der Waals surface area contributed by atoms with Crippen molar-refractivity contribution in [1.29, 1.82) is 0 Å². The Balaban J connectivity index is 1.62. The van der Waals surface area contributed by atoms with Gasteiger partial charge in [-0.05, 0) is 24.3 Å². The van der Waals surface area contributed by atoms with Gasteiger partial charge in [0, 0.05) is 32.7 Å². The number of benzene rings is 1. The molecule has 0 bridgehead atoms. The van der Waals surface area contributed by atoms with Gasteiger partial charge in [0.2, 0.25) is 5.82 Å². The summed E-state index contributed by atoms with van der Waals surface area (Å²) >= 11 is 0. The van der Waals surface area contributed by atoms with Gasteiger partial charge in [-0.2, -0.15) is 0 Å². The van der Waals surface area contributed by atoms with E-state index in [1.54, 1.807) is 6.26 Å². The van der Waals surface area contributed by atoms with Crippen LogP contribution >= 0.6 is 0 Å². The summed E-state index contributed by atoms with van der Waals surface area (Å²) in [6.07, 6.45) is 1.62. The highest BCUT2D eigenvalue weighted by molar-refractivity contribution is 5.83. The van der Waals surface area contributed by atoms with Crippen molar-refractivity contribution in [3.8, 4) is 11.6 Å². The first kappa shape index (κ1) is 16.2. The second-order valence-corrected chi connectivity index (χ2v) is 6.62. The number of fused-ring (bicyclic) bond motifs is 3. The molecule has 1 aliphatic heterocycles. The first-order chi connectivity index (χ1) is 13.3. The third-order valence-corrected chi connectivity index (χ3v) is 4.97.